The zero-order chi connectivity index (χ0) is 12.1. The molecule has 0 spiro atoms. The molecule has 1 aromatic rings. The highest BCUT2D eigenvalue weighted by Gasteiger charge is 2.80. The molecule has 19 heavy (non-hydrogen) atoms. The Hall–Kier alpha value is -0.890. The first-order valence-electron chi connectivity index (χ1n) is 8.06. The lowest BCUT2D eigenvalue weighted by atomic mass is 9.59. The summed E-state index contributed by atoms with van der Waals surface area (Å²) in [7, 11) is 0. The Balaban J connectivity index is 1.29. The second-order valence-electron chi connectivity index (χ2n) is 7.70. The molecule has 0 saturated heterocycles. The minimum Gasteiger partial charge on any atom is -0.309 e. The van der Waals surface area contributed by atoms with Gasteiger partial charge in [0.05, 0.1) is 0 Å². The minimum absolute atomic E-state index is 0.850. The first-order chi connectivity index (χ1) is 9.43. The Morgan fingerprint density at radius 2 is 1.84 bits per heavy atom. The molecule has 1 aromatic heterocycles. The van der Waals surface area contributed by atoms with Crippen LogP contribution in [0.1, 0.15) is 18.4 Å². The van der Waals surface area contributed by atoms with E-state index in [4.69, 9.17) is 0 Å². The Morgan fingerprint density at radius 1 is 1.00 bits per heavy atom. The third kappa shape index (κ3) is 0.950. The first-order valence-corrected chi connectivity index (χ1v) is 8.06. The molecule has 1 N–H and O–H groups in total. The molecule has 2 nitrogen and oxygen atoms in total. The van der Waals surface area contributed by atoms with E-state index in [1.807, 2.05) is 12.4 Å². The fraction of sp³-hybridized carbons (Fsp3) is 0.706. The van der Waals surface area contributed by atoms with Gasteiger partial charge in [0.25, 0.3) is 0 Å². The quantitative estimate of drug-likeness (QED) is 0.893. The van der Waals surface area contributed by atoms with Crippen LogP contribution in [-0.4, -0.2) is 11.0 Å². The summed E-state index contributed by atoms with van der Waals surface area (Å²) in [5.74, 6) is 8.94. The molecular formula is C17H20N2. The van der Waals surface area contributed by atoms with Crippen LogP contribution >= 0.6 is 0 Å². The molecule has 5 saturated carbocycles. The van der Waals surface area contributed by atoms with Gasteiger partial charge < -0.3 is 5.32 Å². The topological polar surface area (TPSA) is 24.9 Å². The smallest absolute Gasteiger partial charge is 0.0312 e. The summed E-state index contributed by atoms with van der Waals surface area (Å²) in [6, 6.07) is 5.10. The molecular weight excluding hydrogens is 232 g/mol. The van der Waals surface area contributed by atoms with E-state index in [2.05, 4.69) is 22.4 Å². The van der Waals surface area contributed by atoms with Gasteiger partial charge in [-0.1, -0.05) is 6.07 Å². The molecule has 5 aliphatic rings. The second kappa shape index (κ2) is 3.06. The third-order valence-corrected chi connectivity index (χ3v) is 7.59. The third-order valence-electron chi connectivity index (χ3n) is 7.59. The van der Waals surface area contributed by atoms with E-state index in [1.165, 1.54) is 11.5 Å². The van der Waals surface area contributed by atoms with Crippen LogP contribution in [0.5, 0.6) is 0 Å². The van der Waals surface area contributed by atoms with Crippen molar-refractivity contribution in [3.05, 3.63) is 30.1 Å². The molecule has 5 fully saturated rings. The van der Waals surface area contributed by atoms with Gasteiger partial charge in [-0.2, -0.15) is 0 Å². The number of nitrogens with one attached hydrogen (secondary N) is 1. The average molecular weight is 252 g/mol. The molecule has 0 amide bonds. The number of hydrogen-bond acceptors (Lipinski definition) is 2. The van der Waals surface area contributed by atoms with Crippen LogP contribution in [-0.2, 0) is 6.54 Å². The molecule has 0 radical (unpaired) electrons. The number of aromatic nitrogens is 1. The minimum atomic E-state index is 0.850. The lowest BCUT2D eigenvalue weighted by Crippen LogP contribution is -2.51. The second-order valence-corrected chi connectivity index (χ2v) is 7.70. The Bertz CT molecular complexity index is 535. The van der Waals surface area contributed by atoms with E-state index < -0.39 is 0 Å². The standard InChI is InChI=1S/C17H20N2/c1-2-8(6-18-3-1)7-19-17-14-10-5-11-13-9(10)4-12(14)15(13)16(11)17/h1-3,6,9-17,19H,4-5,7H2/t9-,10-,11+,12+,13+,14-,15-,16-,17-/m0/s1. The van der Waals surface area contributed by atoms with Gasteiger partial charge in [-0.15, -0.1) is 0 Å². The van der Waals surface area contributed by atoms with Crippen molar-refractivity contribution in [3.63, 3.8) is 0 Å². The lowest BCUT2D eigenvalue weighted by Gasteiger charge is -2.48. The van der Waals surface area contributed by atoms with E-state index in [0.29, 0.717) is 0 Å². The molecule has 98 valence electrons. The highest BCUT2D eigenvalue weighted by molar-refractivity contribution is 5.29. The maximum Gasteiger partial charge on any atom is 0.0312 e. The monoisotopic (exact) mass is 252 g/mol. The summed E-state index contributed by atoms with van der Waals surface area (Å²) in [5.41, 5.74) is 1.35. The van der Waals surface area contributed by atoms with Gasteiger partial charge in [0, 0.05) is 25.0 Å². The zero-order valence-electron chi connectivity index (χ0n) is 11.1. The van der Waals surface area contributed by atoms with E-state index in [0.717, 1.165) is 54.0 Å². The Morgan fingerprint density at radius 3 is 2.68 bits per heavy atom. The van der Waals surface area contributed by atoms with Crippen LogP contribution in [0.3, 0.4) is 0 Å². The van der Waals surface area contributed by atoms with E-state index >= 15 is 0 Å². The predicted molar refractivity (Wildman–Crippen MR) is 72.0 cm³/mol. The summed E-state index contributed by atoms with van der Waals surface area (Å²) < 4.78 is 0. The first kappa shape index (κ1) is 9.93. The zero-order valence-corrected chi connectivity index (χ0v) is 11.1. The molecule has 1 heterocycles. The van der Waals surface area contributed by atoms with Crippen molar-refractivity contribution in [1.82, 2.24) is 10.3 Å². The van der Waals surface area contributed by atoms with Crippen LogP contribution in [0, 0.1) is 47.3 Å². The van der Waals surface area contributed by atoms with Crippen molar-refractivity contribution in [2.24, 2.45) is 47.3 Å². The number of nitrogens with zero attached hydrogens (tertiary/aromatic N) is 1. The lowest BCUT2D eigenvalue weighted by molar-refractivity contribution is 0.00939. The summed E-state index contributed by atoms with van der Waals surface area (Å²) >= 11 is 0. The number of fused-ring (bicyclic) bond motifs is 2. The van der Waals surface area contributed by atoms with Crippen LogP contribution in [0.15, 0.2) is 24.5 Å². The van der Waals surface area contributed by atoms with Crippen LogP contribution in [0.25, 0.3) is 0 Å². The maximum absolute atomic E-state index is 4.23. The Labute approximate surface area is 114 Å². The fourth-order valence-electron chi connectivity index (χ4n) is 7.48. The average Bonchev–Trinajstić information content (AvgIpc) is 2.96. The summed E-state index contributed by atoms with van der Waals surface area (Å²) in [6.45, 7) is 1.03. The van der Waals surface area contributed by atoms with Crippen molar-refractivity contribution in [1.29, 1.82) is 0 Å². The molecule has 0 aromatic carbocycles. The number of hydrogen-bond donors (Lipinski definition) is 1. The molecule has 5 aliphatic carbocycles. The molecule has 6 rings (SSSR count). The number of pyridine rings is 1. The molecule has 9 atom stereocenters. The molecule has 0 unspecified atom stereocenters. The normalized spacial score (nSPS) is 58.0. The van der Waals surface area contributed by atoms with Gasteiger partial charge in [-0.05, 0) is 71.8 Å². The van der Waals surface area contributed by atoms with E-state index in [1.54, 1.807) is 12.8 Å². The highest BCUT2D eigenvalue weighted by Crippen LogP contribution is 2.82. The Kier molecular flexibility index (Phi) is 1.60. The highest BCUT2D eigenvalue weighted by atomic mass is 15.0. The van der Waals surface area contributed by atoms with Crippen molar-refractivity contribution < 1.29 is 0 Å². The van der Waals surface area contributed by atoms with Crippen molar-refractivity contribution in [2.45, 2.75) is 25.4 Å². The van der Waals surface area contributed by atoms with Gasteiger partial charge in [-0.3, -0.25) is 4.98 Å². The van der Waals surface area contributed by atoms with Crippen LogP contribution in [0.2, 0.25) is 0 Å². The summed E-state index contributed by atoms with van der Waals surface area (Å²) in [5, 5.41) is 3.93. The van der Waals surface area contributed by atoms with Crippen LogP contribution < -0.4 is 5.32 Å². The summed E-state index contributed by atoms with van der Waals surface area (Å²) in [4.78, 5) is 4.23. The largest absolute Gasteiger partial charge is 0.309 e. The van der Waals surface area contributed by atoms with Gasteiger partial charge in [0.1, 0.15) is 0 Å². The van der Waals surface area contributed by atoms with Crippen LogP contribution in [0.4, 0.5) is 0 Å². The molecule has 0 aliphatic heterocycles. The van der Waals surface area contributed by atoms with Gasteiger partial charge in [0.15, 0.2) is 0 Å². The van der Waals surface area contributed by atoms with Gasteiger partial charge in [0.2, 0.25) is 0 Å². The van der Waals surface area contributed by atoms with Gasteiger partial charge in [-0.25, -0.2) is 0 Å². The summed E-state index contributed by atoms with van der Waals surface area (Å²) in [6.07, 6.45) is 7.08. The SMILES string of the molecule is c1cncc(CN[C@H]2[C@@H]3[C@H]4C[C@H]5[C@@H]3C[C@@H]3[C@@H]5[C@H]4[C@H]32)c1. The number of rotatable bonds is 3. The van der Waals surface area contributed by atoms with Crippen molar-refractivity contribution in [2.75, 3.05) is 0 Å². The van der Waals surface area contributed by atoms with E-state index in [9.17, 15) is 0 Å². The fourth-order valence-corrected chi connectivity index (χ4v) is 7.48. The van der Waals surface area contributed by atoms with E-state index in [-0.39, 0.29) is 0 Å². The van der Waals surface area contributed by atoms with Crippen molar-refractivity contribution >= 4 is 0 Å². The van der Waals surface area contributed by atoms with Crippen molar-refractivity contribution in [3.8, 4) is 0 Å². The maximum atomic E-state index is 4.23. The van der Waals surface area contributed by atoms with Gasteiger partial charge >= 0.3 is 0 Å². The molecule has 2 heteroatoms. The molecule has 2 bridgehead atoms. The predicted octanol–water partition coefficient (Wildman–Crippen LogP) is 2.32.